The Morgan fingerprint density at radius 3 is 2.92 bits per heavy atom. The third kappa shape index (κ3) is 2.42. The van der Waals surface area contributed by atoms with Crippen LogP contribution < -0.4 is 10.6 Å². The van der Waals surface area contributed by atoms with Crippen molar-refractivity contribution in [2.75, 3.05) is 26.7 Å². The average Bonchev–Trinajstić information content (AvgIpc) is 2.08. The summed E-state index contributed by atoms with van der Waals surface area (Å²) in [7, 11) is 1.88. The van der Waals surface area contributed by atoms with Crippen LogP contribution in [0.4, 0.5) is 0 Å². The fourth-order valence-corrected chi connectivity index (χ4v) is 1.75. The van der Waals surface area contributed by atoms with Gasteiger partial charge in [0.1, 0.15) is 6.04 Å². The lowest BCUT2D eigenvalue weighted by Gasteiger charge is -2.37. The molecular weight excluding hydrogens is 166 g/mol. The Kier molecular flexibility index (Phi) is 3.69. The molecule has 1 aliphatic heterocycles. The molecule has 1 aliphatic rings. The molecule has 1 saturated heterocycles. The van der Waals surface area contributed by atoms with Gasteiger partial charge in [-0.2, -0.15) is 0 Å². The number of rotatable bonds is 3. The van der Waals surface area contributed by atoms with Crippen LogP contribution in [-0.2, 0) is 4.79 Å². The van der Waals surface area contributed by atoms with E-state index in [4.69, 9.17) is 0 Å². The average molecular weight is 185 g/mol. The van der Waals surface area contributed by atoms with Crippen molar-refractivity contribution in [2.45, 2.75) is 25.9 Å². The number of hydrogen-bond acceptors (Lipinski definition) is 3. The standard InChI is InChI=1S/C9H19N3O/c1-7(2)12-5-4-11-9(13)8(12)6-10-3/h7-8,10H,4-6H2,1-3H3,(H,11,13). The lowest BCUT2D eigenvalue weighted by molar-refractivity contribution is -0.129. The summed E-state index contributed by atoms with van der Waals surface area (Å²) in [5, 5.41) is 5.93. The molecule has 0 saturated carbocycles. The number of piperazine rings is 1. The minimum absolute atomic E-state index is 0.00116. The normalized spacial score (nSPS) is 24.9. The van der Waals surface area contributed by atoms with Crippen molar-refractivity contribution in [3.8, 4) is 0 Å². The molecule has 0 aliphatic carbocycles. The number of nitrogens with one attached hydrogen (secondary N) is 2. The zero-order valence-electron chi connectivity index (χ0n) is 8.63. The highest BCUT2D eigenvalue weighted by Gasteiger charge is 2.30. The number of hydrogen-bond donors (Lipinski definition) is 2. The fourth-order valence-electron chi connectivity index (χ4n) is 1.75. The molecule has 0 spiro atoms. The molecule has 76 valence electrons. The van der Waals surface area contributed by atoms with Gasteiger partial charge >= 0.3 is 0 Å². The number of nitrogens with zero attached hydrogens (tertiary/aromatic N) is 1. The van der Waals surface area contributed by atoms with Crippen molar-refractivity contribution in [3.05, 3.63) is 0 Å². The van der Waals surface area contributed by atoms with Crippen LogP contribution in [0.25, 0.3) is 0 Å². The summed E-state index contributed by atoms with van der Waals surface area (Å²) in [6.45, 7) is 6.71. The molecule has 1 rings (SSSR count). The zero-order chi connectivity index (χ0) is 9.84. The van der Waals surface area contributed by atoms with Crippen LogP contribution in [0, 0.1) is 0 Å². The molecule has 0 aromatic rings. The fraction of sp³-hybridized carbons (Fsp3) is 0.889. The van der Waals surface area contributed by atoms with Gasteiger partial charge in [-0.1, -0.05) is 0 Å². The SMILES string of the molecule is CNCC1C(=O)NCCN1C(C)C. The van der Waals surface area contributed by atoms with Crippen molar-refractivity contribution in [2.24, 2.45) is 0 Å². The van der Waals surface area contributed by atoms with E-state index < -0.39 is 0 Å². The van der Waals surface area contributed by atoms with E-state index in [9.17, 15) is 4.79 Å². The lowest BCUT2D eigenvalue weighted by atomic mass is 10.1. The predicted molar refractivity (Wildman–Crippen MR) is 52.6 cm³/mol. The van der Waals surface area contributed by atoms with Crippen LogP contribution in [0.2, 0.25) is 0 Å². The van der Waals surface area contributed by atoms with Gasteiger partial charge in [0, 0.05) is 25.7 Å². The molecule has 2 N–H and O–H groups in total. The van der Waals surface area contributed by atoms with E-state index in [1.165, 1.54) is 0 Å². The second kappa shape index (κ2) is 4.58. The maximum Gasteiger partial charge on any atom is 0.238 e. The molecular formula is C9H19N3O. The van der Waals surface area contributed by atoms with Gasteiger partial charge < -0.3 is 10.6 Å². The van der Waals surface area contributed by atoms with Gasteiger partial charge in [-0.15, -0.1) is 0 Å². The molecule has 1 heterocycles. The quantitative estimate of drug-likeness (QED) is 0.618. The summed E-state index contributed by atoms with van der Waals surface area (Å²) >= 11 is 0. The first-order chi connectivity index (χ1) is 6.16. The van der Waals surface area contributed by atoms with E-state index in [1.54, 1.807) is 0 Å². The molecule has 0 bridgehead atoms. The second-order valence-electron chi connectivity index (χ2n) is 3.70. The van der Waals surface area contributed by atoms with Crippen LogP contribution in [0.15, 0.2) is 0 Å². The van der Waals surface area contributed by atoms with Crippen LogP contribution in [0.1, 0.15) is 13.8 Å². The molecule has 1 amide bonds. The van der Waals surface area contributed by atoms with Gasteiger partial charge in [0.25, 0.3) is 0 Å². The molecule has 1 unspecified atom stereocenters. The Bertz CT molecular complexity index is 182. The molecule has 0 radical (unpaired) electrons. The summed E-state index contributed by atoms with van der Waals surface area (Å²) in [4.78, 5) is 13.7. The largest absolute Gasteiger partial charge is 0.353 e. The van der Waals surface area contributed by atoms with Gasteiger partial charge in [-0.05, 0) is 20.9 Å². The van der Waals surface area contributed by atoms with Crippen LogP contribution >= 0.6 is 0 Å². The maximum atomic E-state index is 11.5. The summed E-state index contributed by atoms with van der Waals surface area (Å²) < 4.78 is 0. The smallest absolute Gasteiger partial charge is 0.238 e. The Morgan fingerprint density at radius 1 is 1.69 bits per heavy atom. The van der Waals surface area contributed by atoms with E-state index in [2.05, 4.69) is 29.4 Å². The lowest BCUT2D eigenvalue weighted by Crippen LogP contribution is -2.60. The molecule has 0 aromatic heterocycles. The molecule has 0 aromatic carbocycles. The molecule has 1 fully saturated rings. The van der Waals surface area contributed by atoms with Gasteiger partial charge in [-0.3, -0.25) is 9.69 Å². The van der Waals surface area contributed by atoms with Gasteiger partial charge in [0.05, 0.1) is 0 Å². The monoisotopic (exact) mass is 185 g/mol. The zero-order valence-corrected chi connectivity index (χ0v) is 8.63. The Hall–Kier alpha value is -0.610. The number of carbonyl (C=O) groups excluding carboxylic acids is 1. The summed E-state index contributed by atoms with van der Waals surface area (Å²) in [5.74, 6) is 0.148. The van der Waals surface area contributed by atoms with E-state index in [1.807, 2.05) is 7.05 Å². The first-order valence-corrected chi connectivity index (χ1v) is 4.85. The molecule has 4 heteroatoms. The van der Waals surface area contributed by atoms with Crippen LogP contribution in [-0.4, -0.2) is 49.6 Å². The Morgan fingerprint density at radius 2 is 2.38 bits per heavy atom. The van der Waals surface area contributed by atoms with E-state index in [-0.39, 0.29) is 11.9 Å². The summed E-state index contributed by atoms with van der Waals surface area (Å²) in [6.07, 6.45) is 0. The molecule has 4 nitrogen and oxygen atoms in total. The summed E-state index contributed by atoms with van der Waals surface area (Å²) in [5.41, 5.74) is 0. The number of carbonyl (C=O) groups is 1. The van der Waals surface area contributed by atoms with E-state index in [0.29, 0.717) is 6.04 Å². The minimum Gasteiger partial charge on any atom is -0.353 e. The number of likely N-dealkylation sites (N-methyl/N-ethyl adjacent to an activating group) is 1. The van der Waals surface area contributed by atoms with Crippen molar-refractivity contribution in [1.29, 1.82) is 0 Å². The van der Waals surface area contributed by atoms with Gasteiger partial charge in [0.15, 0.2) is 0 Å². The number of amides is 1. The van der Waals surface area contributed by atoms with Crippen LogP contribution in [0.5, 0.6) is 0 Å². The van der Waals surface area contributed by atoms with E-state index >= 15 is 0 Å². The maximum absolute atomic E-state index is 11.5. The highest BCUT2D eigenvalue weighted by Crippen LogP contribution is 2.08. The Balaban J connectivity index is 2.62. The highest BCUT2D eigenvalue weighted by molar-refractivity contribution is 5.82. The predicted octanol–water partition coefficient (Wildman–Crippen LogP) is -0.585. The van der Waals surface area contributed by atoms with Crippen molar-refractivity contribution >= 4 is 5.91 Å². The third-order valence-corrected chi connectivity index (χ3v) is 2.43. The van der Waals surface area contributed by atoms with Crippen molar-refractivity contribution in [3.63, 3.8) is 0 Å². The van der Waals surface area contributed by atoms with Crippen molar-refractivity contribution in [1.82, 2.24) is 15.5 Å². The first-order valence-electron chi connectivity index (χ1n) is 4.85. The van der Waals surface area contributed by atoms with Crippen LogP contribution in [0.3, 0.4) is 0 Å². The first kappa shape index (κ1) is 10.5. The molecule has 13 heavy (non-hydrogen) atoms. The minimum atomic E-state index is -0.00116. The Labute approximate surface area is 79.7 Å². The van der Waals surface area contributed by atoms with Crippen molar-refractivity contribution < 1.29 is 4.79 Å². The van der Waals surface area contributed by atoms with Gasteiger partial charge in [0.2, 0.25) is 5.91 Å². The highest BCUT2D eigenvalue weighted by atomic mass is 16.2. The topological polar surface area (TPSA) is 44.4 Å². The summed E-state index contributed by atoms with van der Waals surface area (Å²) in [6, 6.07) is 0.433. The van der Waals surface area contributed by atoms with E-state index in [0.717, 1.165) is 19.6 Å². The van der Waals surface area contributed by atoms with Gasteiger partial charge in [-0.25, -0.2) is 0 Å². The second-order valence-corrected chi connectivity index (χ2v) is 3.70. The third-order valence-electron chi connectivity index (χ3n) is 2.43. The molecule has 1 atom stereocenters.